The number of hydrogen-bond donors (Lipinski definition) is 1. The van der Waals surface area contributed by atoms with Gasteiger partial charge < -0.3 is 15.0 Å². The van der Waals surface area contributed by atoms with Crippen molar-refractivity contribution in [1.82, 2.24) is 15.1 Å². The number of nitrogens with zero attached hydrogens (tertiary/aromatic N) is 3. The minimum atomic E-state index is -0.396. The number of methoxy groups -OCH3 is 1. The lowest BCUT2D eigenvalue weighted by Gasteiger charge is -2.29. The zero-order chi connectivity index (χ0) is 25.7. The van der Waals surface area contributed by atoms with E-state index in [2.05, 4.69) is 10.4 Å². The minimum absolute atomic E-state index is 0.0149. The highest BCUT2D eigenvalue weighted by molar-refractivity contribution is 6.01. The van der Waals surface area contributed by atoms with Crippen LogP contribution in [-0.2, 0) is 9.59 Å². The number of nitrogens with one attached hydrogen (secondary N) is 1. The monoisotopic (exact) mass is 498 g/mol. The number of fused-ring (bicyclic) bond motifs is 1. The molecule has 37 heavy (non-hydrogen) atoms. The van der Waals surface area contributed by atoms with E-state index in [-0.39, 0.29) is 35.6 Å². The molecule has 2 amide bonds. The second-order valence-corrected chi connectivity index (χ2v) is 9.80. The average Bonchev–Trinajstić information content (AvgIpc) is 3.65. The molecule has 1 saturated carbocycles. The Morgan fingerprint density at radius 2 is 1.73 bits per heavy atom. The first-order valence-corrected chi connectivity index (χ1v) is 12.5. The lowest BCUT2D eigenvalue weighted by molar-refractivity contribution is -0.123. The Morgan fingerprint density at radius 1 is 1.03 bits per heavy atom. The highest BCUT2D eigenvalue weighted by Crippen LogP contribution is 2.42. The van der Waals surface area contributed by atoms with Crippen molar-refractivity contribution in [1.29, 1.82) is 0 Å². The van der Waals surface area contributed by atoms with Crippen LogP contribution in [0.25, 0.3) is 16.6 Å². The molecule has 1 aliphatic heterocycles. The number of halogens is 1. The maximum atomic E-state index is 13.7. The molecule has 188 valence electrons. The molecule has 1 saturated heterocycles. The van der Waals surface area contributed by atoms with Gasteiger partial charge in [-0.3, -0.25) is 9.59 Å². The summed E-state index contributed by atoms with van der Waals surface area (Å²) in [5.74, 6) is 0.0279. The predicted molar refractivity (Wildman–Crippen MR) is 138 cm³/mol. The second kappa shape index (κ2) is 9.03. The van der Waals surface area contributed by atoms with E-state index >= 15 is 0 Å². The Hall–Kier alpha value is -4.20. The third-order valence-electron chi connectivity index (χ3n) is 7.40. The van der Waals surface area contributed by atoms with Crippen LogP contribution in [0, 0.1) is 17.7 Å². The van der Waals surface area contributed by atoms with Crippen molar-refractivity contribution in [3.8, 4) is 11.4 Å². The number of carbonyl (C=O) groups is 2. The molecule has 3 aromatic carbocycles. The second-order valence-electron chi connectivity index (χ2n) is 9.80. The van der Waals surface area contributed by atoms with Crippen molar-refractivity contribution >= 4 is 28.4 Å². The van der Waals surface area contributed by atoms with Gasteiger partial charge in [-0.05, 0) is 73.0 Å². The molecule has 4 aromatic rings. The van der Waals surface area contributed by atoms with Crippen molar-refractivity contribution < 1.29 is 18.7 Å². The molecule has 2 unspecified atom stereocenters. The fourth-order valence-electron chi connectivity index (χ4n) is 5.18. The summed E-state index contributed by atoms with van der Waals surface area (Å²) in [7, 11) is 1.61. The van der Waals surface area contributed by atoms with E-state index in [0.29, 0.717) is 0 Å². The Balaban J connectivity index is 1.40. The van der Waals surface area contributed by atoms with Crippen molar-refractivity contribution in [3.05, 3.63) is 84.3 Å². The van der Waals surface area contributed by atoms with Gasteiger partial charge in [-0.15, -0.1) is 0 Å². The van der Waals surface area contributed by atoms with Crippen LogP contribution in [0.3, 0.4) is 0 Å². The van der Waals surface area contributed by atoms with Crippen molar-refractivity contribution in [2.45, 2.75) is 31.8 Å². The van der Waals surface area contributed by atoms with Gasteiger partial charge in [0.15, 0.2) is 0 Å². The molecule has 8 heteroatoms. The summed E-state index contributed by atoms with van der Waals surface area (Å²) in [6.45, 7) is 1.88. The van der Waals surface area contributed by atoms with Gasteiger partial charge in [0.2, 0.25) is 11.8 Å². The van der Waals surface area contributed by atoms with Crippen LogP contribution in [-0.4, -0.2) is 34.7 Å². The van der Waals surface area contributed by atoms with Gasteiger partial charge >= 0.3 is 0 Å². The molecule has 1 aliphatic carbocycles. The lowest BCUT2D eigenvalue weighted by atomic mass is 9.94. The summed E-state index contributed by atoms with van der Waals surface area (Å²) in [6.07, 6.45) is 3.53. The highest BCUT2D eigenvalue weighted by atomic mass is 19.1. The lowest BCUT2D eigenvalue weighted by Crippen LogP contribution is -2.42. The number of amides is 2. The molecule has 1 N–H and O–H groups in total. The number of hydrogen-bond acceptors (Lipinski definition) is 4. The van der Waals surface area contributed by atoms with Gasteiger partial charge in [0.05, 0.1) is 42.5 Å². The van der Waals surface area contributed by atoms with Crippen molar-refractivity contribution in [2.75, 3.05) is 12.0 Å². The average molecular weight is 499 g/mol. The van der Waals surface area contributed by atoms with E-state index in [9.17, 15) is 14.0 Å². The molecular weight excluding hydrogens is 471 g/mol. The van der Waals surface area contributed by atoms with Gasteiger partial charge in [0.1, 0.15) is 11.6 Å². The minimum Gasteiger partial charge on any atom is -0.497 e. The number of anilines is 1. The third-order valence-corrected chi connectivity index (χ3v) is 7.40. The van der Waals surface area contributed by atoms with Crippen LogP contribution < -0.4 is 15.0 Å². The van der Waals surface area contributed by atoms with Crippen LogP contribution in [0.5, 0.6) is 5.75 Å². The predicted octanol–water partition coefficient (Wildman–Crippen LogP) is 4.79. The van der Waals surface area contributed by atoms with E-state index in [0.717, 1.165) is 46.4 Å². The fourth-order valence-corrected chi connectivity index (χ4v) is 5.18. The quantitative estimate of drug-likeness (QED) is 0.415. The van der Waals surface area contributed by atoms with Crippen LogP contribution >= 0.6 is 0 Å². The van der Waals surface area contributed by atoms with E-state index in [1.165, 1.54) is 12.1 Å². The molecule has 1 aromatic heterocycles. The normalized spacial score (nSPS) is 21.4. The standard InChI is InChI=1S/C29H27FN4O3/c1-17-26(32-28(35)19-3-4-19)27(18-5-12-24(37-2)13-6-18)33(29(17)36)23-11-14-25-20(15-23)16-31-34(25)22-9-7-21(30)8-10-22/h5-17,19,26-27H,3-4H2,1-2H3,(H,32,35)/t17?,26-,27?/m0/s1. The molecule has 0 spiro atoms. The molecule has 2 heterocycles. The third kappa shape index (κ3) is 4.12. The molecule has 2 fully saturated rings. The smallest absolute Gasteiger partial charge is 0.232 e. The van der Waals surface area contributed by atoms with E-state index < -0.39 is 5.92 Å². The summed E-state index contributed by atoms with van der Waals surface area (Å²) in [4.78, 5) is 28.2. The number of ether oxygens (including phenoxy) is 1. The SMILES string of the molecule is COc1ccc(C2[C@@H](NC(=O)C3CC3)C(C)C(=O)N2c2ccc3c(cnn3-c3ccc(F)cc3)c2)cc1. The number of carbonyl (C=O) groups excluding carboxylic acids is 2. The summed E-state index contributed by atoms with van der Waals surface area (Å²) < 4.78 is 20.5. The topological polar surface area (TPSA) is 76.5 Å². The van der Waals surface area contributed by atoms with Crippen molar-refractivity contribution in [2.24, 2.45) is 11.8 Å². The Kier molecular flexibility index (Phi) is 5.67. The first kappa shape index (κ1) is 23.2. The van der Waals surface area contributed by atoms with E-state index in [1.54, 1.807) is 35.0 Å². The fraction of sp³-hybridized carbons (Fsp3) is 0.276. The number of benzene rings is 3. The Bertz CT molecular complexity index is 1480. The summed E-state index contributed by atoms with van der Waals surface area (Å²) in [5, 5.41) is 8.53. The largest absolute Gasteiger partial charge is 0.497 e. The maximum absolute atomic E-state index is 13.7. The molecular formula is C29H27FN4O3. The van der Waals surface area contributed by atoms with E-state index in [1.807, 2.05) is 49.4 Å². The molecule has 6 rings (SSSR count). The van der Waals surface area contributed by atoms with Gasteiger partial charge in [0, 0.05) is 17.0 Å². The first-order valence-electron chi connectivity index (χ1n) is 12.5. The Labute approximate surface area is 213 Å². The van der Waals surface area contributed by atoms with Gasteiger partial charge in [-0.25, -0.2) is 9.07 Å². The molecule has 0 radical (unpaired) electrons. The van der Waals surface area contributed by atoms with E-state index in [4.69, 9.17) is 4.74 Å². The summed E-state index contributed by atoms with van der Waals surface area (Å²) in [6, 6.07) is 18.8. The zero-order valence-corrected chi connectivity index (χ0v) is 20.6. The number of rotatable bonds is 6. The summed E-state index contributed by atoms with van der Waals surface area (Å²) in [5.41, 5.74) is 3.23. The molecule has 3 atom stereocenters. The maximum Gasteiger partial charge on any atom is 0.232 e. The van der Waals surface area contributed by atoms with Gasteiger partial charge in [0.25, 0.3) is 0 Å². The highest BCUT2D eigenvalue weighted by Gasteiger charge is 2.48. The van der Waals surface area contributed by atoms with Crippen molar-refractivity contribution in [3.63, 3.8) is 0 Å². The van der Waals surface area contributed by atoms with Crippen LogP contribution in [0.2, 0.25) is 0 Å². The zero-order valence-electron chi connectivity index (χ0n) is 20.6. The summed E-state index contributed by atoms with van der Waals surface area (Å²) >= 11 is 0. The van der Waals surface area contributed by atoms with Crippen LogP contribution in [0.15, 0.2) is 72.9 Å². The Morgan fingerprint density at radius 3 is 2.41 bits per heavy atom. The van der Waals surface area contributed by atoms with Gasteiger partial charge in [-0.1, -0.05) is 19.1 Å². The molecule has 7 nitrogen and oxygen atoms in total. The van der Waals surface area contributed by atoms with Crippen LogP contribution in [0.1, 0.15) is 31.4 Å². The number of aromatic nitrogens is 2. The molecule has 0 bridgehead atoms. The molecule has 2 aliphatic rings. The first-order chi connectivity index (χ1) is 17.9. The van der Waals surface area contributed by atoms with Gasteiger partial charge in [-0.2, -0.15) is 5.10 Å². The van der Waals surface area contributed by atoms with Crippen LogP contribution in [0.4, 0.5) is 10.1 Å².